The van der Waals surface area contributed by atoms with Crippen LogP contribution in [0, 0.1) is 0 Å². The van der Waals surface area contributed by atoms with E-state index in [1.165, 1.54) is 32.3 Å². The Morgan fingerprint density at radius 3 is 0.786 bits per heavy atom. The lowest BCUT2D eigenvalue weighted by atomic mass is 10.0. The summed E-state index contributed by atoms with van der Waals surface area (Å²) in [6, 6.07) is 28.2. The van der Waals surface area contributed by atoms with Crippen LogP contribution in [-0.2, 0) is 0 Å². The summed E-state index contributed by atoms with van der Waals surface area (Å²) < 4.78 is 0. The molecule has 0 radical (unpaired) electrons. The lowest BCUT2D eigenvalue weighted by molar-refractivity contribution is 0.867. The van der Waals surface area contributed by atoms with Crippen molar-refractivity contribution in [3.8, 4) is 0 Å². The van der Waals surface area contributed by atoms with Gasteiger partial charge in [0, 0.05) is 0 Å². The summed E-state index contributed by atoms with van der Waals surface area (Å²) in [6.45, 7) is 13.6. The van der Waals surface area contributed by atoms with Gasteiger partial charge < -0.3 is 0 Å². The van der Waals surface area contributed by atoms with E-state index in [1.807, 2.05) is 0 Å². The molecule has 0 aromatic heterocycles. The van der Waals surface area contributed by atoms with E-state index in [9.17, 15) is 0 Å². The first-order valence-corrected chi connectivity index (χ1v) is 12.4. The Balaban J connectivity index is 2.04. The molecule has 0 fully saturated rings. The highest BCUT2D eigenvalue weighted by Crippen LogP contribution is 2.15. The van der Waals surface area contributed by atoms with E-state index in [1.54, 1.807) is 0 Å². The quantitative estimate of drug-likeness (QED) is 0.398. The Bertz CT molecular complexity index is 747. The standard InChI is InChI=1S/C27H34Si/c1-19(2)22-7-13-25(14-8-22)28(26-15-9-23(10-16-26)20(3)4)27-17-11-24(12-18-27)21(5)6/h7-21,28H,1-6H3. The zero-order chi connectivity index (χ0) is 20.3. The van der Waals surface area contributed by atoms with Gasteiger partial charge in [-0.1, -0.05) is 130 Å². The summed E-state index contributed by atoms with van der Waals surface area (Å²) in [5.74, 6) is 1.72. The Kier molecular flexibility index (Phi) is 6.56. The molecule has 0 unspecified atom stereocenters. The van der Waals surface area contributed by atoms with Crippen LogP contribution in [0.2, 0.25) is 0 Å². The molecule has 3 rings (SSSR count). The van der Waals surface area contributed by atoms with E-state index in [4.69, 9.17) is 0 Å². The largest absolute Gasteiger partial charge is 0.132 e. The molecule has 0 heterocycles. The number of hydrogen-bond donors (Lipinski definition) is 0. The molecule has 0 aliphatic carbocycles. The lowest BCUT2D eigenvalue weighted by Gasteiger charge is -2.20. The van der Waals surface area contributed by atoms with Gasteiger partial charge in [-0.25, -0.2) is 0 Å². The average Bonchev–Trinajstić information content (AvgIpc) is 2.69. The van der Waals surface area contributed by atoms with Crippen LogP contribution in [0.5, 0.6) is 0 Å². The summed E-state index contributed by atoms with van der Waals surface area (Å²) in [7, 11) is -1.46. The second-order valence-electron chi connectivity index (χ2n) is 8.90. The maximum atomic E-state index is 2.37. The topological polar surface area (TPSA) is 0 Å². The Labute approximate surface area is 173 Å². The van der Waals surface area contributed by atoms with Crippen LogP contribution in [0.1, 0.15) is 76.0 Å². The summed E-state index contributed by atoms with van der Waals surface area (Å²) in [4.78, 5) is 0. The van der Waals surface area contributed by atoms with Gasteiger partial charge in [-0.3, -0.25) is 0 Å². The highest BCUT2D eigenvalue weighted by Gasteiger charge is 2.19. The monoisotopic (exact) mass is 386 g/mol. The molecule has 0 atom stereocenters. The highest BCUT2D eigenvalue weighted by atomic mass is 28.3. The molecule has 0 aliphatic rings. The summed E-state index contributed by atoms with van der Waals surface area (Å²) in [5.41, 5.74) is 4.26. The van der Waals surface area contributed by atoms with Crippen molar-refractivity contribution < 1.29 is 0 Å². The van der Waals surface area contributed by atoms with Crippen LogP contribution in [-0.4, -0.2) is 8.80 Å². The maximum Gasteiger partial charge on any atom is 0.132 e. The Hall–Kier alpha value is -2.12. The minimum atomic E-state index is -1.46. The zero-order valence-corrected chi connectivity index (χ0v) is 19.4. The van der Waals surface area contributed by atoms with Crippen molar-refractivity contribution in [1.29, 1.82) is 0 Å². The Morgan fingerprint density at radius 2 is 0.607 bits per heavy atom. The molecule has 3 aromatic carbocycles. The van der Waals surface area contributed by atoms with Gasteiger partial charge in [0.05, 0.1) is 0 Å². The smallest absolute Gasteiger partial charge is 0.0622 e. The van der Waals surface area contributed by atoms with Crippen molar-refractivity contribution in [3.63, 3.8) is 0 Å². The van der Waals surface area contributed by atoms with Gasteiger partial charge in [-0.15, -0.1) is 0 Å². The minimum absolute atomic E-state index is 0.574. The summed E-state index contributed by atoms with van der Waals surface area (Å²) >= 11 is 0. The fourth-order valence-corrected chi connectivity index (χ4v) is 6.68. The Morgan fingerprint density at radius 1 is 0.393 bits per heavy atom. The summed E-state index contributed by atoms with van der Waals surface area (Å²) in [5, 5.41) is 4.50. The normalized spacial score (nSPS) is 11.8. The number of hydrogen-bond acceptors (Lipinski definition) is 0. The average molecular weight is 387 g/mol. The third kappa shape index (κ3) is 4.64. The zero-order valence-electron chi connectivity index (χ0n) is 18.2. The molecule has 3 aromatic rings. The molecule has 0 amide bonds. The molecule has 28 heavy (non-hydrogen) atoms. The van der Waals surface area contributed by atoms with Crippen LogP contribution in [0.3, 0.4) is 0 Å². The van der Waals surface area contributed by atoms with Crippen LogP contribution >= 0.6 is 0 Å². The molecule has 146 valence electrons. The van der Waals surface area contributed by atoms with Gasteiger partial charge >= 0.3 is 0 Å². The fourth-order valence-electron chi connectivity index (χ4n) is 3.80. The van der Waals surface area contributed by atoms with Gasteiger partial charge in [0.15, 0.2) is 0 Å². The minimum Gasteiger partial charge on any atom is -0.0622 e. The third-order valence-electron chi connectivity index (χ3n) is 5.81. The first kappa shape index (κ1) is 20.6. The van der Waals surface area contributed by atoms with Crippen LogP contribution in [0.25, 0.3) is 0 Å². The second kappa shape index (κ2) is 8.92. The number of rotatable bonds is 6. The van der Waals surface area contributed by atoms with E-state index in [0.29, 0.717) is 17.8 Å². The molecular weight excluding hydrogens is 352 g/mol. The van der Waals surface area contributed by atoms with Crippen molar-refractivity contribution in [2.24, 2.45) is 0 Å². The van der Waals surface area contributed by atoms with Crippen molar-refractivity contribution in [2.45, 2.75) is 59.3 Å². The summed E-state index contributed by atoms with van der Waals surface area (Å²) in [6.07, 6.45) is 0. The van der Waals surface area contributed by atoms with Crippen LogP contribution in [0.4, 0.5) is 0 Å². The van der Waals surface area contributed by atoms with Gasteiger partial charge in [0.2, 0.25) is 0 Å². The van der Waals surface area contributed by atoms with Crippen molar-refractivity contribution in [3.05, 3.63) is 89.5 Å². The van der Waals surface area contributed by atoms with E-state index < -0.39 is 8.80 Å². The van der Waals surface area contributed by atoms with Gasteiger partial charge in [0.25, 0.3) is 0 Å². The fraction of sp³-hybridized carbons (Fsp3) is 0.333. The van der Waals surface area contributed by atoms with Crippen molar-refractivity contribution >= 4 is 24.4 Å². The molecule has 0 spiro atoms. The molecule has 0 saturated heterocycles. The maximum absolute atomic E-state index is 2.37. The first-order chi connectivity index (χ1) is 13.4. The molecule has 0 nitrogen and oxygen atoms in total. The molecule has 0 N–H and O–H groups in total. The third-order valence-corrected chi connectivity index (χ3v) is 8.96. The van der Waals surface area contributed by atoms with E-state index >= 15 is 0 Å². The number of benzene rings is 3. The molecule has 0 saturated carbocycles. The van der Waals surface area contributed by atoms with E-state index in [-0.39, 0.29) is 0 Å². The van der Waals surface area contributed by atoms with Crippen molar-refractivity contribution in [1.82, 2.24) is 0 Å². The highest BCUT2D eigenvalue weighted by molar-refractivity contribution is 6.95. The van der Waals surface area contributed by atoms with Crippen molar-refractivity contribution in [2.75, 3.05) is 0 Å². The van der Waals surface area contributed by atoms with Gasteiger partial charge in [-0.05, 0) is 34.4 Å². The van der Waals surface area contributed by atoms with E-state index in [0.717, 1.165) is 0 Å². The van der Waals surface area contributed by atoms with Gasteiger partial charge in [-0.2, -0.15) is 0 Å². The van der Waals surface area contributed by atoms with Crippen LogP contribution < -0.4 is 15.6 Å². The predicted molar refractivity (Wildman–Crippen MR) is 128 cm³/mol. The second-order valence-corrected chi connectivity index (χ2v) is 11.8. The molecule has 0 aliphatic heterocycles. The first-order valence-electron chi connectivity index (χ1n) is 10.7. The predicted octanol–water partition coefficient (Wildman–Crippen LogP) is 5.31. The lowest BCUT2D eigenvalue weighted by Crippen LogP contribution is -2.52. The molecule has 1 heteroatoms. The SMILES string of the molecule is CC(C)c1ccc([SiH](c2ccc(C(C)C)cc2)c2ccc(C(C)C)cc2)cc1. The van der Waals surface area contributed by atoms with Gasteiger partial charge in [0.1, 0.15) is 8.80 Å². The molecule has 0 bridgehead atoms. The van der Waals surface area contributed by atoms with E-state index in [2.05, 4.69) is 114 Å². The van der Waals surface area contributed by atoms with Crippen LogP contribution in [0.15, 0.2) is 72.8 Å². The molecular formula is C27H34Si.